The molecule has 11 heteroatoms. The van der Waals surface area contributed by atoms with Crippen molar-refractivity contribution in [3.05, 3.63) is 71.8 Å². The summed E-state index contributed by atoms with van der Waals surface area (Å²) in [5, 5.41) is 12.4. The molecule has 0 atom stereocenters. The van der Waals surface area contributed by atoms with Crippen molar-refractivity contribution in [2.24, 2.45) is 5.14 Å². The number of nitrogens with two attached hydrogens (primary N) is 1. The summed E-state index contributed by atoms with van der Waals surface area (Å²) in [6.45, 7) is -0.129. The molecular formula is C19H29ClNO7S2-. The van der Waals surface area contributed by atoms with Crippen LogP contribution in [-0.4, -0.2) is 51.2 Å². The first kappa shape index (κ1) is 30.7. The van der Waals surface area contributed by atoms with Gasteiger partial charge in [0.25, 0.3) is 0 Å². The van der Waals surface area contributed by atoms with E-state index in [9.17, 15) is 21.4 Å². The molecule has 8 nitrogen and oxygen atoms in total. The average molecular weight is 483 g/mol. The third-order valence-corrected chi connectivity index (χ3v) is 4.69. The molecule has 172 valence electrons. The summed E-state index contributed by atoms with van der Waals surface area (Å²) >= 11 is 5.53. The van der Waals surface area contributed by atoms with Crippen molar-refractivity contribution in [1.82, 2.24) is 0 Å². The maximum absolute atomic E-state index is 10.2. The number of rotatable bonds is 8. The van der Waals surface area contributed by atoms with Crippen LogP contribution in [0.2, 0.25) is 0 Å². The Bertz CT molecular complexity index is 862. The molecule has 2 rings (SSSR count). The Hall–Kier alpha value is -1.53. The van der Waals surface area contributed by atoms with E-state index >= 15 is 0 Å². The highest BCUT2D eigenvalue weighted by atomic mass is 35.5. The van der Waals surface area contributed by atoms with Crippen LogP contribution in [0.15, 0.2) is 60.7 Å². The van der Waals surface area contributed by atoms with E-state index in [1.807, 2.05) is 60.7 Å². The first-order valence-electron chi connectivity index (χ1n) is 8.34. The fraction of sp³-hybridized carbons (Fsp3) is 0.368. The first-order valence-corrected chi connectivity index (χ1v) is 12.2. The average Bonchev–Trinajstić information content (AvgIpc) is 2.66. The van der Waals surface area contributed by atoms with Gasteiger partial charge >= 0.3 is 0 Å². The minimum Gasteiger partial charge on any atom is -0.748 e. The normalized spacial score (nSPS) is 10.5. The molecule has 0 saturated heterocycles. The van der Waals surface area contributed by atoms with Crippen LogP contribution in [0.1, 0.15) is 18.6 Å². The van der Waals surface area contributed by atoms with Crippen molar-refractivity contribution in [3.63, 3.8) is 0 Å². The second kappa shape index (κ2) is 17.2. The summed E-state index contributed by atoms with van der Waals surface area (Å²) in [7, 11) is -7.58. The molecule has 0 bridgehead atoms. The van der Waals surface area contributed by atoms with Crippen molar-refractivity contribution in [2.75, 3.05) is 24.7 Å². The van der Waals surface area contributed by atoms with Gasteiger partial charge in [-0.15, -0.1) is 11.6 Å². The standard InChI is InChI=1S/C9H12O4S.C7H7Cl.C2H7NO3S.CH4/c10-14(11,12)7-6-13-8-9-4-2-1-3-5-9;8-6-7-4-2-1-3-5-7;3-7(5,6)2-1-4;/h1-5H,6-8H2,(H,10,11,12);1-5H,6H2;4H,1-2H2,(H2,3,5,6);1H4/p-1. The molecular weight excluding hydrogens is 454 g/mol. The molecule has 0 aromatic heterocycles. The van der Waals surface area contributed by atoms with E-state index in [1.165, 1.54) is 5.56 Å². The Labute approximate surface area is 184 Å². The molecule has 0 aliphatic rings. The van der Waals surface area contributed by atoms with Gasteiger partial charge in [-0.2, -0.15) is 0 Å². The van der Waals surface area contributed by atoms with Crippen molar-refractivity contribution >= 4 is 31.7 Å². The number of aliphatic hydroxyl groups is 1. The quantitative estimate of drug-likeness (QED) is 0.332. The largest absolute Gasteiger partial charge is 0.748 e. The Morgan fingerprint density at radius 1 is 0.900 bits per heavy atom. The van der Waals surface area contributed by atoms with Crippen LogP contribution in [0.5, 0.6) is 0 Å². The molecule has 0 radical (unpaired) electrons. The fourth-order valence-corrected chi connectivity index (χ4v) is 2.37. The second-order valence-corrected chi connectivity index (χ2v) is 9.03. The van der Waals surface area contributed by atoms with Crippen LogP contribution in [0.3, 0.4) is 0 Å². The number of hydrogen-bond acceptors (Lipinski definition) is 7. The number of halogens is 1. The van der Waals surface area contributed by atoms with E-state index in [2.05, 4.69) is 5.14 Å². The molecule has 2 aromatic carbocycles. The minimum absolute atomic E-state index is 0. The summed E-state index contributed by atoms with van der Waals surface area (Å²) < 4.78 is 55.3. The van der Waals surface area contributed by atoms with E-state index in [-0.39, 0.29) is 19.8 Å². The van der Waals surface area contributed by atoms with Crippen LogP contribution in [0, 0.1) is 0 Å². The zero-order valence-electron chi connectivity index (χ0n) is 15.7. The molecule has 0 heterocycles. The highest BCUT2D eigenvalue weighted by Gasteiger charge is 1.97. The maximum Gasteiger partial charge on any atom is 0.211 e. The number of primary sulfonamides is 1. The Morgan fingerprint density at radius 3 is 1.67 bits per heavy atom. The van der Waals surface area contributed by atoms with Gasteiger partial charge in [-0.1, -0.05) is 68.1 Å². The van der Waals surface area contributed by atoms with Gasteiger partial charge in [0.05, 0.1) is 41.4 Å². The number of sulfonamides is 1. The molecule has 2 aromatic rings. The highest BCUT2D eigenvalue weighted by Crippen LogP contribution is 2.01. The van der Waals surface area contributed by atoms with Gasteiger partial charge in [0.15, 0.2) is 0 Å². The van der Waals surface area contributed by atoms with Crippen molar-refractivity contribution < 1.29 is 31.2 Å². The van der Waals surface area contributed by atoms with Gasteiger partial charge in [-0.3, -0.25) is 0 Å². The molecule has 0 saturated carbocycles. The summed E-state index contributed by atoms with van der Waals surface area (Å²) in [6.07, 6.45) is 0. The second-order valence-electron chi connectivity index (χ2n) is 5.51. The molecule has 0 amide bonds. The molecule has 30 heavy (non-hydrogen) atoms. The van der Waals surface area contributed by atoms with Crippen LogP contribution >= 0.6 is 11.6 Å². The van der Waals surface area contributed by atoms with E-state index in [0.717, 1.165) is 5.56 Å². The lowest BCUT2D eigenvalue weighted by Crippen LogP contribution is -2.18. The van der Waals surface area contributed by atoms with Gasteiger partial charge in [0, 0.05) is 5.88 Å². The summed E-state index contributed by atoms with van der Waals surface area (Å²) in [5.41, 5.74) is 2.13. The van der Waals surface area contributed by atoms with Gasteiger partial charge in [0.1, 0.15) is 0 Å². The van der Waals surface area contributed by atoms with Crippen LogP contribution in [0.25, 0.3) is 0 Å². The summed E-state index contributed by atoms with van der Waals surface area (Å²) in [5.74, 6) is -0.215. The number of ether oxygens (including phenoxy) is 1. The molecule has 3 N–H and O–H groups in total. The highest BCUT2D eigenvalue weighted by molar-refractivity contribution is 7.89. The Balaban J connectivity index is 0. The topological polar surface area (TPSA) is 147 Å². The van der Waals surface area contributed by atoms with E-state index in [4.69, 9.17) is 21.4 Å². The number of alkyl halides is 1. The van der Waals surface area contributed by atoms with Crippen molar-refractivity contribution in [2.45, 2.75) is 19.9 Å². The zero-order chi connectivity index (χ0) is 22.2. The fourth-order valence-electron chi connectivity index (χ4n) is 1.62. The number of aliphatic hydroxyl groups excluding tert-OH is 1. The van der Waals surface area contributed by atoms with Gasteiger partial charge < -0.3 is 14.4 Å². The Morgan fingerprint density at radius 2 is 1.37 bits per heavy atom. The SMILES string of the molecule is C.ClCc1ccccc1.NS(=O)(=O)CCO.O=S(=O)([O-])CCOCc1ccccc1. The first-order chi connectivity index (χ1) is 13.6. The molecule has 0 spiro atoms. The zero-order valence-corrected chi connectivity index (χ0v) is 18.1. The van der Waals surface area contributed by atoms with Gasteiger partial charge in [0.2, 0.25) is 10.0 Å². The van der Waals surface area contributed by atoms with Crippen LogP contribution < -0.4 is 5.14 Å². The molecule has 0 aliphatic heterocycles. The van der Waals surface area contributed by atoms with Crippen molar-refractivity contribution in [3.8, 4) is 0 Å². The smallest absolute Gasteiger partial charge is 0.211 e. The summed E-state index contributed by atoms with van der Waals surface area (Å²) in [6, 6.07) is 19.3. The lowest BCUT2D eigenvalue weighted by Gasteiger charge is -2.07. The Kier molecular flexibility index (Phi) is 17.6. The van der Waals surface area contributed by atoms with E-state index < -0.39 is 32.5 Å². The molecule has 0 unspecified atom stereocenters. The minimum atomic E-state index is -4.15. The third-order valence-electron chi connectivity index (χ3n) is 2.96. The van der Waals surface area contributed by atoms with Crippen LogP contribution in [-0.2, 0) is 37.4 Å². The van der Waals surface area contributed by atoms with Crippen molar-refractivity contribution in [1.29, 1.82) is 0 Å². The maximum atomic E-state index is 10.2. The monoisotopic (exact) mass is 482 g/mol. The number of hydrogen-bond donors (Lipinski definition) is 2. The van der Waals surface area contributed by atoms with E-state index in [0.29, 0.717) is 12.5 Å². The third kappa shape index (κ3) is 21.2. The predicted octanol–water partition coefficient (Wildman–Crippen LogP) is 2.08. The van der Waals surface area contributed by atoms with Gasteiger partial charge in [-0.25, -0.2) is 22.0 Å². The lowest BCUT2D eigenvalue weighted by molar-refractivity contribution is 0.134. The van der Waals surface area contributed by atoms with Gasteiger partial charge in [-0.05, 0) is 11.1 Å². The summed E-state index contributed by atoms with van der Waals surface area (Å²) in [4.78, 5) is 0. The number of benzene rings is 2. The lowest BCUT2D eigenvalue weighted by atomic mass is 10.2. The van der Waals surface area contributed by atoms with Crippen LogP contribution in [0.4, 0.5) is 0 Å². The van der Waals surface area contributed by atoms with E-state index in [1.54, 1.807) is 0 Å². The predicted molar refractivity (Wildman–Crippen MR) is 118 cm³/mol. The molecule has 0 fully saturated rings. The molecule has 0 aliphatic carbocycles.